The van der Waals surface area contributed by atoms with Crippen molar-refractivity contribution in [2.24, 2.45) is 0 Å². The van der Waals surface area contributed by atoms with E-state index in [4.69, 9.17) is 0 Å². The minimum absolute atomic E-state index is 1.19. The van der Waals surface area contributed by atoms with Crippen LogP contribution in [0.2, 0.25) is 0 Å². The molecule has 0 amide bonds. The summed E-state index contributed by atoms with van der Waals surface area (Å²) < 4.78 is 0. The molecule has 1 aromatic rings. The topological polar surface area (TPSA) is 3.24 Å². The van der Waals surface area contributed by atoms with E-state index in [0.29, 0.717) is 0 Å². The number of anilines is 2. The van der Waals surface area contributed by atoms with Crippen LogP contribution in [-0.2, 0) is 0 Å². The molecule has 0 atom stereocenters. The van der Waals surface area contributed by atoms with Gasteiger partial charge in [0, 0.05) is 17.9 Å². The Bertz CT molecular complexity index is 287. The summed E-state index contributed by atoms with van der Waals surface area (Å²) in [6.45, 7) is 5.61. The third-order valence-electron chi connectivity index (χ3n) is 2.53. The maximum Gasteiger partial charge on any atom is 0.0461 e. The first-order valence-electron chi connectivity index (χ1n) is 4.71. The normalized spacial score (nSPS) is 13.0. The Morgan fingerprint density at radius 1 is 1.33 bits per heavy atom. The molecule has 0 aliphatic carbocycles. The molecule has 2 aliphatic rings. The lowest BCUT2D eigenvalue weighted by Gasteiger charge is -2.35. The summed E-state index contributed by atoms with van der Waals surface area (Å²) in [7, 11) is 0. The van der Waals surface area contributed by atoms with Gasteiger partial charge in [-0.1, -0.05) is 19.4 Å². The Labute approximate surface area is 74.0 Å². The van der Waals surface area contributed by atoms with Gasteiger partial charge in [0.25, 0.3) is 0 Å². The van der Waals surface area contributed by atoms with E-state index in [2.05, 4.69) is 36.9 Å². The van der Waals surface area contributed by atoms with Crippen LogP contribution in [0, 0.1) is 6.92 Å². The van der Waals surface area contributed by atoms with E-state index in [1.807, 2.05) is 0 Å². The quantitative estimate of drug-likeness (QED) is 0.657. The van der Waals surface area contributed by atoms with Crippen molar-refractivity contribution in [1.29, 1.82) is 0 Å². The van der Waals surface area contributed by atoms with Gasteiger partial charge in [0.15, 0.2) is 0 Å². The molecule has 2 heterocycles. The van der Waals surface area contributed by atoms with Gasteiger partial charge < -0.3 is 4.90 Å². The molecule has 1 heteroatoms. The number of rotatable bonds is 3. The Morgan fingerprint density at radius 3 is 2.75 bits per heavy atom. The number of fused-ring (bicyclic) bond motifs is 2. The molecule has 0 N–H and O–H groups in total. The molecule has 1 aromatic carbocycles. The molecule has 0 saturated carbocycles. The van der Waals surface area contributed by atoms with Crippen LogP contribution in [0.1, 0.15) is 25.3 Å². The second-order valence-electron chi connectivity index (χ2n) is 3.48. The minimum Gasteiger partial charge on any atom is -0.341 e. The number of nitrogens with zero attached hydrogens (tertiary/aromatic N) is 1. The fourth-order valence-electron chi connectivity index (χ4n) is 1.70. The van der Waals surface area contributed by atoms with Crippen LogP contribution in [-0.4, -0.2) is 6.54 Å². The lowest BCUT2D eigenvalue weighted by atomic mass is 10.0. The second-order valence-corrected chi connectivity index (χ2v) is 3.48. The van der Waals surface area contributed by atoms with Crippen molar-refractivity contribution >= 4 is 11.4 Å². The summed E-state index contributed by atoms with van der Waals surface area (Å²) >= 11 is 0. The van der Waals surface area contributed by atoms with E-state index < -0.39 is 0 Å². The molecular formula is C11H15N. The summed E-state index contributed by atoms with van der Waals surface area (Å²) in [5, 5.41) is 0. The maximum atomic E-state index is 2.42. The molecule has 2 bridgehead atoms. The van der Waals surface area contributed by atoms with E-state index in [0.717, 1.165) is 0 Å². The van der Waals surface area contributed by atoms with Crippen LogP contribution in [0.3, 0.4) is 0 Å². The predicted octanol–water partition coefficient (Wildman–Crippen LogP) is 3.25. The molecular weight excluding hydrogens is 146 g/mol. The van der Waals surface area contributed by atoms with Gasteiger partial charge in [0.1, 0.15) is 0 Å². The largest absolute Gasteiger partial charge is 0.341 e. The maximum absolute atomic E-state index is 2.42. The Hall–Kier alpha value is -0.980. The highest BCUT2D eigenvalue weighted by Crippen LogP contribution is 2.40. The molecule has 0 aromatic heterocycles. The first kappa shape index (κ1) is 7.66. The van der Waals surface area contributed by atoms with Gasteiger partial charge in [0.2, 0.25) is 0 Å². The highest BCUT2D eigenvalue weighted by Gasteiger charge is 2.20. The van der Waals surface area contributed by atoms with Crippen molar-refractivity contribution in [2.75, 3.05) is 11.4 Å². The molecule has 3 rings (SSSR count). The summed E-state index contributed by atoms with van der Waals surface area (Å²) in [5.41, 5.74) is 4.23. The molecule has 1 nitrogen and oxygen atoms in total. The molecule has 12 heavy (non-hydrogen) atoms. The number of benzene rings is 1. The van der Waals surface area contributed by atoms with Gasteiger partial charge in [-0.3, -0.25) is 0 Å². The summed E-state index contributed by atoms with van der Waals surface area (Å²) in [4.78, 5) is 2.42. The standard InChI is InChI=1S/C11H15N/c1-3-4-7-12-10-6-5-9(2)11(12)8-10/h5-6,8H,3-4,7H2,1-2H3. The van der Waals surface area contributed by atoms with E-state index in [-0.39, 0.29) is 0 Å². The predicted molar refractivity (Wildman–Crippen MR) is 53.1 cm³/mol. The zero-order valence-electron chi connectivity index (χ0n) is 7.80. The van der Waals surface area contributed by atoms with Gasteiger partial charge in [-0.15, -0.1) is 0 Å². The van der Waals surface area contributed by atoms with Gasteiger partial charge in [0.05, 0.1) is 0 Å². The monoisotopic (exact) mass is 161 g/mol. The number of hydrogen-bond donors (Lipinski definition) is 0. The third kappa shape index (κ3) is 1.01. The van der Waals surface area contributed by atoms with Gasteiger partial charge >= 0.3 is 0 Å². The van der Waals surface area contributed by atoms with Crippen molar-refractivity contribution in [3.63, 3.8) is 0 Å². The van der Waals surface area contributed by atoms with Gasteiger partial charge in [-0.25, -0.2) is 0 Å². The van der Waals surface area contributed by atoms with Crippen molar-refractivity contribution in [1.82, 2.24) is 0 Å². The van der Waals surface area contributed by atoms with Crippen molar-refractivity contribution < 1.29 is 0 Å². The molecule has 0 unspecified atom stereocenters. The third-order valence-corrected chi connectivity index (χ3v) is 2.53. The van der Waals surface area contributed by atoms with Gasteiger partial charge in [-0.05, 0) is 31.0 Å². The summed E-state index contributed by atoms with van der Waals surface area (Å²) in [6, 6.07) is 6.68. The van der Waals surface area contributed by atoms with E-state index in [1.54, 1.807) is 0 Å². The lowest BCUT2D eigenvalue weighted by molar-refractivity contribution is 0.773. The SMILES string of the molecule is CCCCN1c2ccc(C)c1c2. The lowest BCUT2D eigenvalue weighted by Crippen LogP contribution is -2.25. The fourth-order valence-corrected chi connectivity index (χ4v) is 1.70. The van der Waals surface area contributed by atoms with Crippen LogP contribution in [0.4, 0.5) is 11.4 Å². The smallest absolute Gasteiger partial charge is 0.0461 e. The molecule has 0 fully saturated rings. The van der Waals surface area contributed by atoms with Crippen LogP contribution < -0.4 is 4.90 Å². The van der Waals surface area contributed by atoms with E-state index in [1.165, 1.54) is 36.3 Å². The molecule has 64 valence electrons. The van der Waals surface area contributed by atoms with Crippen LogP contribution in [0.15, 0.2) is 18.2 Å². The summed E-state index contributed by atoms with van der Waals surface area (Å²) in [6.07, 6.45) is 2.57. The minimum atomic E-state index is 1.19. The van der Waals surface area contributed by atoms with E-state index >= 15 is 0 Å². The van der Waals surface area contributed by atoms with Crippen molar-refractivity contribution in [3.8, 4) is 0 Å². The Kier molecular flexibility index (Phi) is 1.80. The Morgan fingerprint density at radius 2 is 2.17 bits per heavy atom. The molecule has 0 saturated heterocycles. The number of unbranched alkanes of at least 4 members (excludes halogenated alkanes) is 1. The fraction of sp³-hybridized carbons (Fsp3) is 0.455. The molecule has 0 radical (unpaired) electrons. The zero-order valence-corrected chi connectivity index (χ0v) is 7.80. The average molecular weight is 161 g/mol. The average Bonchev–Trinajstić information content (AvgIpc) is 2.04. The van der Waals surface area contributed by atoms with Crippen molar-refractivity contribution in [2.45, 2.75) is 26.7 Å². The van der Waals surface area contributed by atoms with Crippen molar-refractivity contribution in [3.05, 3.63) is 23.8 Å². The highest BCUT2D eigenvalue weighted by atomic mass is 15.2. The first-order chi connectivity index (χ1) is 5.83. The van der Waals surface area contributed by atoms with Crippen LogP contribution >= 0.6 is 0 Å². The molecule has 2 aliphatic heterocycles. The second kappa shape index (κ2) is 2.81. The van der Waals surface area contributed by atoms with Crippen LogP contribution in [0.25, 0.3) is 0 Å². The van der Waals surface area contributed by atoms with Crippen LogP contribution in [0.5, 0.6) is 0 Å². The first-order valence-corrected chi connectivity index (χ1v) is 4.71. The van der Waals surface area contributed by atoms with E-state index in [9.17, 15) is 0 Å². The number of hydrogen-bond acceptors (Lipinski definition) is 1. The summed E-state index contributed by atoms with van der Waals surface area (Å²) in [5.74, 6) is 0. The van der Waals surface area contributed by atoms with Gasteiger partial charge in [-0.2, -0.15) is 0 Å². The molecule has 0 spiro atoms. The highest BCUT2D eigenvalue weighted by molar-refractivity contribution is 5.79. The number of aryl methyl sites for hydroxylation is 1. The zero-order chi connectivity index (χ0) is 8.55. The Balaban J connectivity index is 2.09.